The molecule has 0 radical (unpaired) electrons. The molecule has 0 aliphatic heterocycles. The van der Waals surface area contributed by atoms with E-state index in [4.69, 9.17) is 9.79 Å². The molecule has 21 heavy (non-hydrogen) atoms. The Kier molecular flexibility index (Phi) is 18.2. The van der Waals surface area contributed by atoms with Gasteiger partial charge in [0.05, 0.1) is 0 Å². The number of rotatable bonds is 16. The van der Waals surface area contributed by atoms with E-state index in [1.54, 1.807) is 0 Å². The smallest absolute Gasteiger partial charge is 0.164 e. The zero-order chi connectivity index (χ0) is 15.6. The van der Waals surface area contributed by atoms with Gasteiger partial charge >= 0.3 is 0 Å². The van der Waals surface area contributed by atoms with Crippen LogP contribution in [0, 0.1) is 0 Å². The van der Waals surface area contributed by atoms with E-state index in [0.29, 0.717) is 6.16 Å². The highest BCUT2D eigenvalue weighted by Crippen LogP contribution is 2.24. The molecule has 0 heterocycles. The van der Waals surface area contributed by atoms with E-state index in [9.17, 15) is 0 Å². The molecule has 0 aliphatic carbocycles. The standard InChI is InChI=1S/C18H37O2P/c1-2-3-4-5-6-7-8-9-10-11-12-13-14-15-16-17-18-21(19)20/h9-10,19-20H,2-8,11-18H2,1H3/b10-9-. The summed E-state index contributed by atoms with van der Waals surface area (Å²) >= 11 is 0. The molecule has 0 fully saturated rings. The SMILES string of the molecule is CCCCCCCC/C=C\CCCCCCCCP(O)O. The maximum atomic E-state index is 8.78. The topological polar surface area (TPSA) is 40.5 Å². The lowest BCUT2D eigenvalue weighted by Gasteiger charge is -2.02. The van der Waals surface area contributed by atoms with E-state index in [1.165, 1.54) is 77.0 Å². The Bertz CT molecular complexity index is 217. The van der Waals surface area contributed by atoms with Crippen LogP contribution in [0.5, 0.6) is 0 Å². The van der Waals surface area contributed by atoms with Gasteiger partial charge in [-0.05, 0) is 32.1 Å². The summed E-state index contributed by atoms with van der Waals surface area (Å²) in [5.41, 5.74) is 0. The van der Waals surface area contributed by atoms with Crippen molar-refractivity contribution in [1.29, 1.82) is 0 Å². The highest BCUT2D eigenvalue weighted by molar-refractivity contribution is 7.45. The first-order valence-corrected chi connectivity index (χ1v) is 10.5. The van der Waals surface area contributed by atoms with Crippen molar-refractivity contribution in [2.45, 2.75) is 96.8 Å². The molecule has 0 bridgehead atoms. The largest absolute Gasteiger partial charge is 0.350 e. The van der Waals surface area contributed by atoms with Crippen LogP contribution in [-0.2, 0) is 0 Å². The summed E-state index contributed by atoms with van der Waals surface area (Å²) in [6.45, 7) is 2.27. The average molecular weight is 316 g/mol. The van der Waals surface area contributed by atoms with Gasteiger partial charge in [-0.1, -0.05) is 76.9 Å². The molecule has 0 amide bonds. The second-order valence-corrected chi connectivity index (χ2v) is 7.23. The van der Waals surface area contributed by atoms with Crippen molar-refractivity contribution in [2.24, 2.45) is 0 Å². The van der Waals surface area contributed by atoms with Crippen molar-refractivity contribution in [2.75, 3.05) is 6.16 Å². The Labute approximate surface area is 134 Å². The third-order valence-corrected chi connectivity index (χ3v) is 4.59. The van der Waals surface area contributed by atoms with Gasteiger partial charge in [0.25, 0.3) is 0 Å². The molecule has 0 aromatic rings. The van der Waals surface area contributed by atoms with Crippen molar-refractivity contribution in [3.63, 3.8) is 0 Å². The molecule has 0 atom stereocenters. The lowest BCUT2D eigenvalue weighted by atomic mass is 10.1. The van der Waals surface area contributed by atoms with E-state index < -0.39 is 8.38 Å². The molecular formula is C18H37O2P. The summed E-state index contributed by atoms with van der Waals surface area (Å²) in [7, 11) is -1.65. The molecule has 126 valence electrons. The van der Waals surface area contributed by atoms with Crippen molar-refractivity contribution >= 4 is 8.38 Å². The van der Waals surface area contributed by atoms with E-state index in [2.05, 4.69) is 19.1 Å². The van der Waals surface area contributed by atoms with Crippen LogP contribution >= 0.6 is 8.38 Å². The summed E-state index contributed by atoms with van der Waals surface area (Å²) in [6.07, 6.45) is 23.4. The minimum absolute atomic E-state index is 0.594. The molecule has 2 nitrogen and oxygen atoms in total. The van der Waals surface area contributed by atoms with Gasteiger partial charge in [-0.15, -0.1) is 0 Å². The van der Waals surface area contributed by atoms with Crippen molar-refractivity contribution in [1.82, 2.24) is 0 Å². The first-order chi connectivity index (χ1) is 10.3. The summed E-state index contributed by atoms with van der Waals surface area (Å²) in [4.78, 5) is 17.6. The van der Waals surface area contributed by atoms with Gasteiger partial charge in [-0.3, -0.25) is 0 Å². The number of allylic oxidation sites excluding steroid dienone is 2. The number of hydrogen-bond acceptors (Lipinski definition) is 2. The molecule has 0 aliphatic rings. The predicted molar refractivity (Wildman–Crippen MR) is 95.7 cm³/mol. The van der Waals surface area contributed by atoms with Crippen LogP contribution in [-0.4, -0.2) is 15.9 Å². The highest BCUT2D eigenvalue weighted by atomic mass is 31.2. The molecule has 0 aromatic heterocycles. The van der Waals surface area contributed by atoms with Gasteiger partial charge < -0.3 is 9.79 Å². The lowest BCUT2D eigenvalue weighted by Crippen LogP contribution is -1.84. The molecule has 0 saturated carbocycles. The van der Waals surface area contributed by atoms with Gasteiger partial charge in [-0.2, -0.15) is 0 Å². The van der Waals surface area contributed by atoms with Crippen LogP contribution in [0.4, 0.5) is 0 Å². The summed E-state index contributed by atoms with van der Waals surface area (Å²) in [5.74, 6) is 0. The van der Waals surface area contributed by atoms with Crippen molar-refractivity contribution < 1.29 is 9.79 Å². The Morgan fingerprint density at radius 1 is 0.619 bits per heavy atom. The van der Waals surface area contributed by atoms with Crippen LogP contribution in [0.1, 0.15) is 96.8 Å². The second kappa shape index (κ2) is 18.1. The second-order valence-electron chi connectivity index (χ2n) is 6.03. The van der Waals surface area contributed by atoms with Crippen LogP contribution in [0.25, 0.3) is 0 Å². The molecule has 0 rings (SSSR count). The molecule has 0 aromatic carbocycles. The zero-order valence-corrected chi connectivity index (χ0v) is 15.0. The van der Waals surface area contributed by atoms with E-state index >= 15 is 0 Å². The zero-order valence-electron chi connectivity index (χ0n) is 14.1. The average Bonchev–Trinajstić information content (AvgIpc) is 2.46. The minimum atomic E-state index is -1.65. The number of hydrogen-bond donors (Lipinski definition) is 2. The number of unbranched alkanes of at least 4 members (excludes halogenated alkanes) is 12. The van der Waals surface area contributed by atoms with Crippen LogP contribution < -0.4 is 0 Å². The Morgan fingerprint density at radius 3 is 1.52 bits per heavy atom. The first-order valence-electron chi connectivity index (χ1n) is 9.07. The van der Waals surface area contributed by atoms with Crippen molar-refractivity contribution in [3.8, 4) is 0 Å². The van der Waals surface area contributed by atoms with Crippen LogP contribution in [0.3, 0.4) is 0 Å². The predicted octanol–water partition coefficient (Wildman–Crippen LogP) is 6.32. The third-order valence-electron chi connectivity index (χ3n) is 3.87. The molecular weight excluding hydrogens is 279 g/mol. The molecule has 0 spiro atoms. The van der Waals surface area contributed by atoms with Gasteiger partial charge in [0.15, 0.2) is 8.38 Å². The van der Waals surface area contributed by atoms with Crippen molar-refractivity contribution in [3.05, 3.63) is 12.2 Å². The minimum Gasteiger partial charge on any atom is -0.350 e. The fourth-order valence-corrected chi connectivity index (χ4v) is 3.01. The highest BCUT2D eigenvalue weighted by Gasteiger charge is 1.97. The normalized spacial score (nSPS) is 11.8. The quantitative estimate of drug-likeness (QED) is 0.199. The molecule has 0 saturated heterocycles. The molecule has 3 heteroatoms. The fourth-order valence-electron chi connectivity index (χ4n) is 2.50. The summed E-state index contributed by atoms with van der Waals surface area (Å²) in [6, 6.07) is 0. The van der Waals surface area contributed by atoms with Gasteiger partial charge in [0, 0.05) is 6.16 Å². The van der Waals surface area contributed by atoms with Gasteiger partial charge in [0.1, 0.15) is 0 Å². The lowest BCUT2D eigenvalue weighted by molar-refractivity contribution is 0.477. The maximum Gasteiger partial charge on any atom is 0.164 e. The van der Waals surface area contributed by atoms with Gasteiger partial charge in [-0.25, -0.2) is 0 Å². The van der Waals surface area contributed by atoms with Crippen LogP contribution in [0.15, 0.2) is 12.2 Å². The first kappa shape index (κ1) is 21.1. The van der Waals surface area contributed by atoms with E-state index in [1.807, 2.05) is 0 Å². The monoisotopic (exact) mass is 316 g/mol. The molecule has 0 unspecified atom stereocenters. The Balaban J connectivity index is 3.05. The summed E-state index contributed by atoms with van der Waals surface area (Å²) < 4.78 is 0. The molecule has 2 N–H and O–H groups in total. The fraction of sp³-hybridized carbons (Fsp3) is 0.889. The Morgan fingerprint density at radius 2 is 1.05 bits per heavy atom. The van der Waals surface area contributed by atoms with E-state index in [0.717, 1.165) is 12.8 Å². The van der Waals surface area contributed by atoms with Crippen LogP contribution in [0.2, 0.25) is 0 Å². The Hall–Kier alpha value is 0.0900. The van der Waals surface area contributed by atoms with Gasteiger partial charge in [0.2, 0.25) is 0 Å². The summed E-state index contributed by atoms with van der Waals surface area (Å²) in [5, 5.41) is 0. The van der Waals surface area contributed by atoms with E-state index in [-0.39, 0.29) is 0 Å². The maximum absolute atomic E-state index is 8.78. The third kappa shape index (κ3) is 20.1.